The Morgan fingerprint density at radius 1 is 0.625 bits per heavy atom. The molecule has 0 aromatic heterocycles. The normalized spacial score (nSPS) is 39.9. The molecule has 2 N–H and O–H groups in total. The minimum absolute atomic E-state index is 0.129. The van der Waals surface area contributed by atoms with E-state index in [1.165, 1.54) is 57.1 Å². The average molecular weight is 545 g/mol. The standard InChI is InChI=1S/C32H36N2O6/c35-28-11-23(1-3-26(28)33(37)38)32(24-2-4-27(34(39)40)29(36)12-24)25-9-21-8-22(10-25)17-31(32,16-21)30-13-18-5-19(14-30)7-20(6-18)15-30/h1-4,11-12,18-22,25,35-36H,5-10,13-17H2. The summed E-state index contributed by atoms with van der Waals surface area (Å²) in [6, 6.07) is 9.83. The van der Waals surface area contributed by atoms with E-state index in [1.54, 1.807) is 12.1 Å². The summed E-state index contributed by atoms with van der Waals surface area (Å²) >= 11 is 0. The van der Waals surface area contributed by atoms with Crippen molar-refractivity contribution in [3.63, 3.8) is 0 Å². The molecule has 8 bridgehead atoms. The van der Waals surface area contributed by atoms with E-state index in [4.69, 9.17) is 0 Å². The molecule has 8 aliphatic rings. The minimum atomic E-state index is -0.592. The highest BCUT2D eigenvalue weighted by molar-refractivity contribution is 5.58. The zero-order chi connectivity index (χ0) is 27.6. The number of hydrogen-bond donors (Lipinski definition) is 2. The molecule has 2 atom stereocenters. The fraction of sp³-hybridized carbons (Fsp3) is 0.625. The molecular weight excluding hydrogens is 508 g/mol. The van der Waals surface area contributed by atoms with Gasteiger partial charge in [-0.3, -0.25) is 20.2 Å². The Kier molecular flexibility index (Phi) is 4.91. The van der Waals surface area contributed by atoms with Gasteiger partial charge < -0.3 is 10.2 Å². The zero-order valence-electron chi connectivity index (χ0n) is 22.6. The second kappa shape index (κ2) is 7.98. The first-order valence-corrected chi connectivity index (χ1v) is 15.1. The van der Waals surface area contributed by atoms with E-state index >= 15 is 0 Å². The summed E-state index contributed by atoms with van der Waals surface area (Å²) in [5.74, 6) is 3.08. The highest BCUT2D eigenvalue weighted by Crippen LogP contribution is 2.81. The van der Waals surface area contributed by atoms with E-state index in [2.05, 4.69) is 0 Å². The number of nitro groups is 2. The Balaban J connectivity index is 1.43. The Bertz CT molecular complexity index is 1340. The predicted molar refractivity (Wildman–Crippen MR) is 147 cm³/mol. The zero-order valence-corrected chi connectivity index (χ0v) is 22.6. The van der Waals surface area contributed by atoms with E-state index in [0.29, 0.717) is 11.8 Å². The van der Waals surface area contributed by atoms with Crippen LogP contribution >= 0.6 is 0 Å². The van der Waals surface area contributed by atoms with Gasteiger partial charge in [0.2, 0.25) is 0 Å². The van der Waals surface area contributed by atoms with Crippen LogP contribution in [0.1, 0.15) is 81.8 Å². The average Bonchev–Trinajstić information content (AvgIpc) is 2.87. The van der Waals surface area contributed by atoms with Crippen LogP contribution in [0.4, 0.5) is 11.4 Å². The lowest BCUT2D eigenvalue weighted by molar-refractivity contribution is -0.386. The number of rotatable bonds is 5. The monoisotopic (exact) mass is 544 g/mol. The molecule has 40 heavy (non-hydrogen) atoms. The maximum Gasteiger partial charge on any atom is 0.310 e. The predicted octanol–water partition coefficient (Wildman–Crippen LogP) is 7.24. The summed E-state index contributed by atoms with van der Waals surface area (Å²) in [5.41, 5.74) is 0.552. The van der Waals surface area contributed by atoms with Gasteiger partial charge in [-0.25, -0.2) is 0 Å². The summed E-state index contributed by atoms with van der Waals surface area (Å²) in [7, 11) is 0. The second-order valence-corrected chi connectivity index (χ2v) is 14.6. The molecule has 10 rings (SSSR count). The highest BCUT2D eigenvalue weighted by Gasteiger charge is 2.74. The van der Waals surface area contributed by atoms with Crippen LogP contribution in [0.3, 0.4) is 0 Å². The van der Waals surface area contributed by atoms with Crippen molar-refractivity contribution in [3.05, 3.63) is 67.8 Å². The van der Waals surface area contributed by atoms with Gasteiger partial charge in [0, 0.05) is 17.5 Å². The molecule has 0 amide bonds. The number of nitro benzene ring substituents is 2. The van der Waals surface area contributed by atoms with Crippen LogP contribution in [0.2, 0.25) is 0 Å². The van der Waals surface area contributed by atoms with Crippen molar-refractivity contribution in [2.45, 2.75) is 76.0 Å². The molecule has 0 spiro atoms. The molecule has 2 aromatic carbocycles. The summed E-state index contributed by atoms with van der Waals surface area (Å²) in [5, 5.41) is 45.4. The third-order valence-electron chi connectivity index (χ3n) is 12.9. The van der Waals surface area contributed by atoms with Gasteiger partial charge in [-0.05, 0) is 140 Å². The molecule has 2 aromatic rings. The van der Waals surface area contributed by atoms with Crippen molar-refractivity contribution in [3.8, 4) is 11.5 Å². The third-order valence-corrected chi connectivity index (χ3v) is 12.9. The first-order chi connectivity index (χ1) is 19.1. The van der Waals surface area contributed by atoms with Gasteiger partial charge in [-0.15, -0.1) is 0 Å². The van der Waals surface area contributed by atoms with Gasteiger partial charge in [0.1, 0.15) is 0 Å². The molecule has 0 radical (unpaired) electrons. The lowest BCUT2D eigenvalue weighted by Gasteiger charge is -2.77. The van der Waals surface area contributed by atoms with Crippen molar-refractivity contribution in [1.82, 2.24) is 0 Å². The van der Waals surface area contributed by atoms with Crippen molar-refractivity contribution in [2.24, 2.45) is 46.3 Å². The quantitative estimate of drug-likeness (QED) is 0.302. The van der Waals surface area contributed by atoms with Crippen LogP contribution in [0.5, 0.6) is 11.5 Å². The van der Waals surface area contributed by atoms with Crippen LogP contribution in [0, 0.1) is 66.6 Å². The van der Waals surface area contributed by atoms with Gasteiger partial charge in [-0.1, -0.05) is 12.1 Å². The van der Waals surface area contributed by atoms with Crippen LogP contribution in [0.15, 0.2) is 36.4 Å². The number of benzene rings is 2. The van der Waals surface area contributed by atoms with E-state index in [9.17, 15) is 30.4 Å². The van der Waals surface area contributed by atoms with Gasteiger partial charge in [0.15, 0.2) is 11.5 Å². The first-order valence-electron chi connectivity index (χ1n) is 15.1. The van der Waals surface area contributed by atoms with Gasteiger partial charge in [0.05, 0.1) is 9.85 Å². The van der Waals surface area contributed by atoms with Gasteiger partial charge >= 0.3 is 11.4 Å². The Morgan fingerprint density at radius 2 is 1.02 bits per heavy atom. The minimum Gasteiger partial charge on any atom is -0.502 e. The Labute approximate surface area is 233 Å². The molecule has 8 aliphatic carbocycles. The second-order valence-electron chi connectivity index (χ2n) is 14.6. The smallest absolute Gasteiger partial charge is 0.310 e. The molecule has 0 saturated heterocycles. The number of phenols is 2. The van der Waals surface area contributed by atoms with Crippen molar-refractivity contribution < 1.29 is 20.1 Å². The number of hydrogen-bond acceptors (Lipinski definition) is 6. The van der Waals surface area contributed by atoms with Crippen molar-refractivity contribution >= 4 is 11.4 Å². The molecule has 8 saturated carbocycles. The Hall–Kier alpha value is -3.16. The molecule has 2 unspecified atom stereocenters. The topological polar surface area (TPSA) is 127 Å². The fourth-order valence-corrected chi connectivity index (χ4v) is 12.6. The number of phenolic OH excluding ortho intramolecular Hbond substituents is 2. The van der Waals surface area contributed by atoms with Crippen LogP contribution in [-0.4, -0.2) is 20.1 Å². The molecule has 210 valence electrons. The fourth-order valence-electron chi connectivity index (χ4n) is 12.6. The molecular formula is C32H36N2O6. The molecule has 0 aliphatic heterocycles. The molecule has 0 heterocycles. The molecule has 8 fully saturated rings. The highest BCUT2D eigenvalue weighted by atomic mass is 16.6. The molecule has 8 nitrogen and oxygen atoms in total. The van der Waals surface area contributed by atoms with Crippen LogP contribution in [-0.2, 0) is 5.41 Å². The third kappa shape index (κ3) is 2.97. The van der Waals surface area contributed by atoms with Crippen molar-refractivity contribution in [1.29, 1.82) is 0 Å². The summed E-state index contributed by atoms with van der Waals surface area (Å²) in [4.78, 5) is 22.3. The SMILES string of the molecule is O=[N+]([O-])c1ccc(C2(c3ccc([N+](=O)[O-])c(O)c3)C3CC4CC(C3)CC2(C23CC5CC(CC(C5)C2)C3)C4)cc1O. The van der Waals surface area contributed by atoms with E-state index < -0.39 is 15.3 Å². The summed E-state index contributed by atoms with van der Waals surface area (Å²) < 4.78 is 0. The lowest BCUT2D eigenvalue weighted by atomic mass is 9.27. The van der Waals surface area contributed by atoms with Crippen LogP contribution in [0.25, 0.3) is 0 Å². The number of aromatic hydroxyl groups is 2. The maximum absolute atomic E-state index is 11.7. The largest absolute Gasteiger partial charge is 0.502 e. The van der Waals surface area contributed by atoms with E-state index in [0.717, 1.165) is 54.6 Å². The van der Waals surface area contributed by atoms with Crippen molar-refractivity contribution in [2.75, 3.05) is 0 Å². The van der Waals surface area contributed by atoms with Gasteiger partial charge in [0.25, 0.3) is 0 Å². The van der Waals surface area contributed by atoms with E-state index in [-0.39, 0.29) is 39.6 Å². The summed E-state index contributed by atoms with van der Waals surface area (Å²) in [6.45, 7) is 0. The van der Waals surface area contributed by atoms with E-state index in [1.807, 2.05) is 12.1 Å². The first kappa shape index (κ1) is 24.6. The number of nitrogens with zero attached hydrogens (tertiary/aromatic N) is 2. The summed E-state index contributed by atoms with van der Waals surface area (Å²) in [6.07, 6.45) is 13.1. The molecule has 8 heteroatoms. The van der Waals surface area contributed by atoms with Crippen LogP contribution < -0.4 is 0 Å². The maximum atomic E-state index is 11.7. The Morgan fingerprint density at radius 3 is 1.40 bits per heavy atom. The lowest BCUT2D eigenvalue weighted by Crippen LogP contribution is -2.71. The van der Waals surface area contributed by atoms with Gasteiger partial charge in [-0.2, -0.15) is 0 Å².